The third kappa shape index (κ3) is 25.0. The molecule has 0 bridgehead atoms. The summed E-state index contributed by atoms with van der Waals surface area (Å²) >= 11 is 0. The van der Waals surface area contributed by atoms with Gasteiger partial charge in [0.25, 0.3) is 0 Å². The van der Waals surface area contributed by atoms with Crippen LogP contribution in [0, 0.1) is 0 Å². The number of carboxylic acid groups (broad SMARTS) is 4. The molecule has 0 unspecified atom stereocenters. The molecule has 0 saturated heterocycles. The summed E-state index contributed by atoms with van der Waals surface area (Å²) in [5.41, 5.74) is 9.81. The fourth-order valence-electron chi connectivity index (χ4n) is 1.44. The Hall–Kier alpha value is -1.24. The van der Waals surface area contributed by atoms with E-state index in [0.29, 0.717) is 13.1 Å². The van der Waals surface area contributed by atoms with Crippen molar-refractivity contribution in [3.05, 3.63) is 0 Å². The fourth-order valence-corrected chi connectivity index (χ4v) is 1.44. The number of hydrogen-bond acceptors (Lipinski definition) is 12. The van der Waals surface area contributed by atoms with Crippen molar-refractivity contribution in [1.82, 2.24) is 9.80 Å². The van der Waals surface area contributed by atoms with E-state index in [1.807, 2.05) is 0 Å². The predicted molar refractivity (Wildman–Crippen MR) is 71.0 cm³/mol. The summed E-state index contributed by atoms with van der Waals surface area (Å²) in [6, 6.07) is 0. The molecule has 0 aliphatic rings. The van der Waals surface area contributed by atoms with Gasteiger partial charge in [-0.05, 0) is 0 Å². The van der Waals surface area contributed by atoms with E-state index >= 15 is 0 Å². The molecule has 0 radical (unpaired) electrons. The van der Waals surface area contributed by atoms with E-state index in [1.54, 1.807) is 0 Å². The average Bonchev–Trinajstić information content (AvgIpc) is 2.42. The second-order valence-electron chi connectivity index (χ2n) is 4.49. The minimum Gasteiger partial charge on any atom is -0.549 e. The van der Waals surface area contributed by atoms with Crippen LogP contribution in [0.2, 0.25) is 0 Å². The number of hydrogen-bond donors (Lipinski definition) is 2. The van der Waals surface area contributed by atoms with Crippen LogP contribution in [-0.4, -0.2) is 86.0 Å². The third-order valence-electron chi connectivity index (χ3n) is 2.31. The topological polar surface area (TPSA) is 219 Å². The minimum absolute atomic E-state index is 0. The molecule has 0 aromatic rings. The summed E-state index contributed by atoms with van der Waals surface area (Å²) in [4.78, 5) is 43.4. The van der Waals surface area contributed by atoms with Gasteiger partial charge >= 0.3 is 34.1 Å². The summed E-state index contributed by atoms with van der Waals surface area (Å²) < 4.78 is 0. The summed E-state index contributed by atoms with van der Waals surface area (Å²) in [5.74, 6) is -6.12. The van der Waals surface area contributed by atoms with E-state index in [9.17, 15) is 39.6 Å². The van der Waals surface area contributed by atoms with Crippen LogP contribution in [0.3, 0.4) is 0 Å². The molecule has 26 heavy (non-hydrogen) atoms. The standard InChI is InChI=1S/C10H16N2O8.C2H8N2.2Fe/c13-7(14)3-11(4-8(15)16)1-2-12(5-9(17)18)6-10(19)20;3-1-2-4;;/h1-6H2,(H,13,14)(H,15,16)(H,17,18)(H,19,20);1-4H2;;/q;;2*+2/p-4. The Morgan fingerprint density at radius 3 is 0.885 bits per heavy atom. The quantitative estimate of drug-likeness (QED) is 0.260. The van der Waals surface area contributed by atoms with Crippen molar-refractivity contribution in [2.75, 3.05) is 52.4 Å². The number of carbonyl (C=O) groups is 4. The number of carboxylic acids is 4. The van der Waals surface area contributed by atoms with Crippen LogP contribution in [0.15, 0.2) is 0 Å². The molecule has 0 saturated carbocycles. The van der Waals surface area contributed by atoms with E-state index in [-0.39, 0.29) is 47.2 Å². The third-order valence-corrected chi connectivity index (χ3v) is 2.31. The van der Waals surface area contributed by atoms with Gasteiger partial charge in [-0.15, -0.1) is 0 Å². The average molecular weight is 460 g/mol. The van der Waals surface area contributed by atoms with E-state index in [2.05, 4.69) is 0 Å². The van der Waals surface area contributed by atoms with Crippen molar-refractivity contribution >= 4 is 23.9 Å². The SMILES string of the molecule is NCCN.O=C([O-])CN(CCN(CC(=O)[O-])CC(=O)[O-])CC(=O)[O-].[Fe+2].[Fe+2]. The van der Waals surface area contributed by atoms with Crippen LogP contribution in [0.4, 0.5) is 0 Å². The van der Waals surface area contributed by atoms with Crippen LogP contribution in [0.25, 0.3) is 0 Å². The summed E-state index contributed by atoms with van der Waals surface area (Å²) in [6.45, 7) is -2.06. The maximum atomic E-state index is 10.4. The summed E-state index contributed by atoms with van der Waals surface area (Å²) in [6.07, 6.45) is 0. The molecule has 0 aliphatic carbocycles. The Balaban J connectivity index is -0.000000363. The van der Waals surface area contributed by atoms with Gasteiger partial charge in [0.1, 0.15) is 0 Å². The molecule has 12 nitrogen and oxygen atoms in total. The molecule has 0 heterocycles. The monoisotopic (exact) mass is 460 g/mol. The number of nitrogens with zero attached hydrogens (tertiary/aromatic N) is 2. The maximum Gasteiger partial charge on any atom is 2.00 e. The zero-order chi connectivity index (χ0) is 19.1. The number of carbonyl (C=O) groups excluding carboxylic acids is 4. The van der Waals surface area contributed by atoms with Crippen molar-refractivity contribution in [2.24, 2.45) is 11.5 Å². The van der Waals surface area contributed by atoms with Gasteiger partial charge in [0.05, 0.1) is 23.9 Å². The van der Waals surface area contributed by atoms with Crippen LogP contribution in [0.5, 0.6) is 0 Å². The molecule has 14 heteroatoms. The van der Waals surface area contributed by atoms with Gasteiger partial charge in [-0.2, -0.15) is 0 Å². The molecule has 0 fully saturated rings. The molecular weight excluding hydrogens is 440 g/mol. The second-order valence-corrected chi connectivity index (χ2v) is 4.49. The predicted octanol–water partition coefficient (Wildman–Crippen LogP) is -8.51. The van der Waals surface area contributed by atoms with Crippen molar-refractivity contribution in [3.8, 4) is 0 Å². The van der Waals surface area contributed by atoms with E-state index in [0.717, 1.165) is 9.80 Å². The molecule has 0 aromatic heterocycles. The van der Waals surface area contributed by atoms with Crippen molar-refractivity contribution in [3.63, 3.8) is 0 Å². The first kappa shape index (κ1) is 32.4. The molecule has 152 valence electrons. The van der Waals surface area contributed by atoms with Gasteiger partial charge in [-0.25, -0.2) is 0 Å². The van der Waals surface area contributed by atoms with Crippen LogP contribution < -0.4 is 31.9 Å². The van der Waals surface area contributed by atoms with Gasteiger partial charge in [-0.1, -0.05) is 0 Å². The van der Waals surface area contributed by atoms with E-state index in [4.69, 9.17) is 11.5 Å². The van der Waals surface area contributed by atoms with Gasteiger partial charge in [0, 0.05) is 52.4 Å². The van der Waals surface area contributed by atoms with Gasteiger partial charge in [0.15, 0.2) is 0 Å². The first-order chi connectivity index (χ1) is 11.1. The van der Waals surface area contributed by atoms with Gasteiger partial charge < -0.3 is 51.1 Å². The maximum absolute atomic E-state index is 10.4. The summed E-state index contributed by atoms with van der Waals surface area (Å²) in [7, 11) is 0. The van der Waals surface area contributed by atoms with Crippen LogP contribution in [0.1, 0.15) is 0 Å². The molecule has 0 aliphatic heterocycles. The van der Waals surface area contributed by atoms with Crippen molar-refractivity contribution < 1.29 is 73.7 Å². The largest absolute Gasteiger partial charge is 2.00 e. The Morgan fingerprint density at radius 2 is 0.769 bits per heavy atom. The first-order valence-corrected chi connectivity index (χ1v) is 6.76. The van der Waals surface area contributed by atoms with E-state index < -0.39 is 50.1 Å². The molecule has 0 spiro atoms. The Bertz CT molecular complexity index is 358. The van der Waals surface area contributed by atoms with Gasteiger partial charge in [-0.3, -0.25) is 9.80 Å². The smallest absolute Gasteiger partial charge is 0.549 e. The first-order valence-electron chi connectivity index (χ1n) is 6.76. The van der Waals surface area contributed by atoms with Crippen LogP contribution >= 0.6 is 0 Å². The molecule has 0 aromatic carbocycles. The minimum atomic E-state index is -1.53. The Labute approximate surface area is 171 Å². The van der Waals surface area contributed by atoms with Gasteiger partial charge in [0.2, 0.25) is 0 Å². The fraction of sp³-hybridized carbons (Fsp3) is 0.667. The normalized spacial score (nSPS) is 9.38. The van der Waals surface area contributed by atoms with Crippen molar-refractivity contribution in [2.45, 2.75) is 0 Å². The molecule has 4 N–H and O–H groups in total. The molecule has 0 amide bonds. The Kier molecular flexibility index (Phi) is 25.0. The zero-order valence-corrected chi connectivity index (χ0v) is 15.9. The molecule has 0 rings (SSSR count). The number of rotatable bonds is 12. The van der Waals surface area contributed by atoms with E-state index in [1.165, 1.54) is 0 Å². The second kappa shape index (κ2) is 20.1. The number of aliphatic carboxylic acids is 4. The van der Waals surface area contributed by atoms with Crippen molar-refractivity contribution in [1.29, 1.82) is 0 Å². The molecule has 0 atom stereocenters. The zero-order valence-electron chi connectivity index (χ0n) is 13.7. The Morgan fingerprint density at radius 1 is 0.577 bits per heavy atom. The molecular formula is C12H20Fe2N4O8. The van der Waals surface area contributed by atoms with Crippen LogP contribution in [-0.2, 0) is 53.3 Å². The summed E-state index contributed by atoms with van der Waals surface area (Å²) in [5, 5.41) is 41.6. The number of nitrogens with two attached hydrogens (primary N) is 2.